The largest absolute Gasteiger partial charge is 0.480 e. The maximum absolute atomic E-state index is 12.1. The molecule has 1 amide bonds. The van der Waals surface area contributed by atoms with Gasteiger partial charge in [-0.05, 0) is 43.1 Å². The van der Waals surface area contributed by atoms with E-state index in [4.69, 9.17) is 16.3 Å². The average Bonchev–Trinajstić information content (AvgIpc) is 3.04. The third-order valence-electron chi connectivity index (χ3n) is 3.67. The van der Waals surface area contributed by atoms with E-state index in [1.54, 1.807) is 6.07 Å². The van der Waals surface area contributed by atoms with E-state index in [0.29, 0.717) is 24.0 Å². The van der Waals surface area contributed by atoms with Crippen LogP contribution < -0.4 is 15.4 Å². The first-order valence-corrected chi connectivity index (χ1v) is 7.06. The van der Waals surface area contributed by atoms with Crippen LogP contribution in [0.1, 0.15) is 18.4 Å². The predicted octanol–water partition coefficient (Wildman–Crippen LogP) is 1.93. The summed E-state index contributed by atoms with van der Waals surface area (Å²) in [7, 11) is 0. The highest BCUT2D eigenvalue weighted by atomic mass is 35.5. The van der Waals surface area contributed by atoms with Crippen molar-refractivity contribution in [3.8, 4) is 5.75 Å². The molecule has 0 bridgehead atoms. The smallest absolute Gasteiger partial charge is 0.261 e. The van der Waals surface area contributed by atoms with Crippen LogP contribution in [0.5, 0.6) is 5.75 Å². The van der Waals surface area contributed by atoms with E-state index >= 15 is 0 Å². The average molecular weight is 317 g/mol. The Morgan fingerprint density at radius 1 is 1.50 bits per heavy atom. The van der Waals surface area contributed by atoms with E-state index in [9.17, 15) is 4.79 Å². The molecule has 0 aliphatic carbocycles. The Kier molecular flexibility index (Phi) is 5.13. The molecule has 0 saturated carbocycles. The molecule has 0 aromatic heterocycles. The van der Waals surface area contributed by atoms with Crippen molar-refractivity contribution in [2.45, 2.75) is 31.4 Å². The summed E-state index contributed by atoms with van der Waals surface area (Å²) in [5.74, 6) is 0.726. The Labute approximate surface area is 129 Å². The van der Waals surface area contributed by atoms with Crippen LogP contribution in [-0.2, 0) is 11.2 Å². The number of hydrogen-bond donors (Lipinski definition) is 2. The standard InChI is InChI=1S/C14H17ClN2O2.ClH/c15-10-3-4-12-9(6-10)7-13(19-12)14(18)17-8-11-2-1-5-16-11;/h3-4,6,11,13,16H,1-2,5,7-8H2,(H,17,18);1H. The van der Waals surface area contributed by atoms with Gasteiger partial charge in [-0.25, -0.2) is 0 Å². The predicted molar refractivity (Wildman–Crippen MR) is 80.9 cm³/mol. The van der Waals surface area contributed by atoms with E-state index in [2.05, 4.69) is 10.6 Å². The molecule has 2 atom stereocenters. The van der Waals surface area contributed by atoms with Crippen molar-refractivity contribution in [2.24, 2.45) is 0 Å². The van der Waals surface area contributed by atoms with Crippen molar-refractivity contribution in [1.29, 1.82) is 0 Å². The summed E-state index contributed by atoms with van der Waals surface area (Å²) >= 11 is 5.93. The molecule has 1 aromatic carbocycles. The van der Waals surface area contributed by atoms with Crippen LogP contribution in [0.25, 0.3) is 0 Å². The van der Waals surface area contributed by atoms with Gasteiger partial charge in [-0.1, -0.05) is 11.6 Å². The number of fused-ring (bicyclic) bond motifs is 1. The van der Waals surface area contributed by atoms with Crippen LogP contribution in [-0.4, -0.2) is 31.1 Å². The lowest BCUT2D eigenvalue weighted by atomic mass is 10.1. The first kappa shape index (κ1) is 15.4. The minimum absolute atomic E-state index is 0. The Morgan fingerprint density at radius 3 is 3.10 bits per heavy atom. The fourth-order valence-corrected chi connectivity index (χ4v) is 2.83. The van der Waals surface area contributed by atoms with Gasteiger partial charge in [0.05, 0.1) is 0 Å². The van der Waals surface area contributed by atoms with Gasteiger partial charge < -0.3 is 15.4 Å². The lowest BCUT2D eigenvalue weighted by Crippen LogP contribution is -2.43. The molecule has 0 radical (unpaired) electrons. The number of hydrogen-bond acceptors (Lipinski definition) is 3. The first-order valence-electron chi connectivity index (χ1n) is 6.68. The van der Waals surface area contributed by atoms with Crippen molar-refractivity contribution in [3.05, 3.63) is 28.8 Å². The number of rotatable bonds is 3. The summed E-state index contributed by atoms with van der Waals surface area (Å²) in [5, 5.41) is 6.99. The summed E-state index contributed by atoms with van der Waals surface area (Å²) in [5.41, 5.74) is 1.01. The Bertz CT molecular complexity index is 490. The maximum Gasteiger partial charge on any atom is 0.261 e. The van der Waals surface area contributed by atoms with Gasteiger partial charge in [0.15, 0.2) is 6.10 Å². The molecule has 1 saturated heterocycles. The normalized spacial score (nSPS) is 23.6. The zero-order chi connectivity index (χ0) is 13.2. The molecule has 2 aliphatic rings. The van der Waals surface area contributed by atoms with E-state index in [1.807, 2.05) is 12.1 Å². The summed E-state index contributed by atoms with van der Waals surface area (Å²) in [6, 6.07) is 5.87. The molecular formula is C14H18Cl2N2O2. The molecule has 1 fully saturated rings. The molecule has 6 heteroatoms. The lowest BCUT2D eigenvalue weighted by Gasteiger charge is -2.14. The molecule has 3 rings (SSSR count). The highest BCUT2D eigenvalue weighted by molar-refractivity contribution is 6.30. The molecule has 2 N–H and O–H groups in total. The molecule has 110 valence electrons. The third kappa shape index (κ3) is 3.37. The second-order valence-electron chi connectivity index (χ2n) is 5.10. The molecule has 4 nitrogen and oxygen atoms in total. The minimum Gasteiger partial charge on any atom is -0.480 e. The molecule has 2 unspecified atom stereocenters. The van der Waals surface area contributed by atoms with Crippen molar-refractivity contribution in [3.63, 3.8) is 0 Å². The number of nitrogens with one attached hydrogen (secondary N) is 2. The summed E-state index contributed by atoms with van der Waals surface area (Å²) in [6.07, 6.45) is 2.49. The second-order valence-corrected chi connectivity index (χ2v) is 5.54. The first-order chi connectivity index (χ1) is 9.22. The molecular weight excluding hydrogens is 299 g/mol. The topological polar surface area (TPSA) is 50.4 Å². The zero-order valence-electron chi connectivity index (χ0n) is 11.0. The number of amides is 1. The molecule has 2 aliphatic heterocycles. The van der Waals surface area contributed by atoms with Gasteiger partial charge in [0.25, 0.3) is 5.91 Å². The quantitative estimate of drug-likeness (QED) is 0.896. The van der Waals surface area contributed by atoms with Gasteiger partial charge >= 0.3 is 0 Å². The SMILES string of the molecule is Cl.O=C(NCC1CCCN1)C1Cc2cc(Cl)ccc2O1. The third-order valence-corrected chi connectivity index (χ3v) is 3.91. The van der Waals surface area contributed by atoms with Gasteiger partial charge in [0, 0.05) is 24.0 Å². The molecule has 2 heterocycles. The van der Waals surface area contributed by atoms with Crippen molar-refractivity contribution in [2.75, 3.05) is 13.1 Å². The van der Waals surface area contributed by atoms with Crippen LogP contribution in [0, 0.1) is 0 Å². The monoisotopic (exact) mass is 316 g/mol. The van der Waals surface area contributed by atoms with Gasteiger partial charge in [-0.2, -0.15) is 0 Å². The number of carbonyl (C=O) groups is 1. The Hall–Kier alpha value is -0.970. The minimum atomic E-state index is -0.421. The van der Waals surface area contributed by atoms with Gasteiger partial charge in [-0.15, -0.1) is 12.4 Å². The van der Waals surface area contributed by atoms with Crippen molar-refractivity contribution < 1.29 is 9.53 Å². The van der Waals surface area contributed by atoms with Crippen LogP contribution in [0.3, 0.4) is 0 Å². The molecule has 0 spiro atoms. The van der Waals surface area contributed by atoms with Crippen molar-refractivity contribution >= 4 is 29.9 Å². The van der Waals surface area contributed by atoms with Crippen LogP contribution in [0.15, 0.2) is 18.2 Å². The highest BCUT2D eigenvalue weighted by Crippen LogP contribution is 2.31. The summed E-state index contributed by atoms with van der Waals surface area (Å²) < 4.78 is 5.65. The number of carbonyl (C=O) groups excluding carboxylic acids is 1. The lowest BCUT2D eigenvalue weighted by molar-refractivity contribution is -0.127. The zero-order valence-corrected chi connectivity index (χ0v) is 12.6. The molecule has 1 aromatic rings. The maximum atomic E-state index is 12.1. The van der Waals surface area contributed by atoms with Crippen molar-refractivity contribution in [1.82, 2.24) is 10.6 Å². The van der Waals surface area contributed by atoms with Gasteiger partial charge in [0.1, 0.15) is 5.75 Å². The van der Waals surface area contributed by atoms with Crippen LogP contribution >= 0.6 is 24.0 Å². The van der Waals surface area contributed by atoms with Gasteiger partial charge in [-0.3, -0.25) is 4.79 Å². The fraction of sp³-hybridized carbons (Fsp3) is 0.500. The Morgan fingerprint density at radius 2 is 2.35 bits per heavy atom. The molecule has 20 heavy (non-hydrogen) atoms. The van der Waals surface area contributed by atoms with Crippen LogP contribution in [0.2, 0.25) is 5.02 Å². The Balaban J connectivity index is 0.00000147. The van der Waals surface area contributed by atoms with Crippen LogP contribution in [0.4, 0.5) is 0 Å². The number of halogens is 2. The highest BCUT2D eigenvalue weighted by Gasteiger charge is 2.29. The number of benzene rings is 1. The van der Waals surface area contributed by atoms with E-state index in [1.165, 1.54) is 6.42 Å². The van der Waals surface area contributed by atoms with Gasteiger partial charge in [0.2, 0.25) is 0 Å². The number of ether oxygens (including phenoxy) is 1. The second kappa shape index (κ2) is 6.66. The van der Waals surface area contributed by atoms with E-state index in [-0.39, 0.29) is 18.3 Å². The van der Waals surface area contributed by atoms with E-state index in [0.717, 1.165) is 24.3 Å². The van der Waals surface area contributed by atoms with E-state index < -0.39 is 6.10 Å². The summed E-state index contributed by atoms with van der Waals surface area (Å²) in [4.78, 5) is 12.1. The fourth-order valence-electron chi connectivity index (χ4n) is 2.63. The summed E-state index contributed by atoms with van der Waals surface area (Å²) in [6.45, 7) is 1.72.